The van der Waals surface area contributed by atoms with E-state index < -0.39 is 4.92 Å². The molecule has 0 aliphatic rings. The molecule has 0 aromatic heterocycles. The Balaban J connectivity index is 1.81. The Morgan fingerprint density at radius 3 is 1.96 bits per heavy atom. The summed E-state index contributed by atoms with van der Waals surface area (Å²) < 4.78 is 0. The number of nitro benzene ring substituents is 1. The molecular formula is C19H20N4O5. The van der Waals surface area contributed by atoms with Gasteiger partial charge in [-0.3, -0.25) is 24.5 Å². The molecule has 3 amide bonds. The first-order valence-corrected chi connectivity index (χ1v) is 8.47. The summed E-state index contributed by atoms with van der Waals surface area (Å²) in [5, 5.41) is 18.7. The first kappa shape index (κ1) is 20.6. The number of carbonyl (C=O) groups is 3. The van der Waals surface area contributed by atoms with Gasteiger partial charge in [-0.1, -0.05) is 0 Å². The van der Waals surface area contributed by atoms with E-state index in [1.165, 1.54) is 25.1 Å². The van der Waals surface area contributed by atoms with Crippen LogP contribution in [0.2, 0.25) is 0 Å². The number of nitro groups is 1. The monoisotopic (exact) mass is 384 g/mol. The van der Waals surface area contributed by atoms with Crippen LogP contribution in [0.4, 0.5) is 11.4 Å². The zero-order chi connectivity index (χ0) is 20.7. The number of hydrogen-bond donors (Lipinski definition) is 3. The summed E-state index contributed by atoms with van der Waals surface area (Å²) >= 11 is 0. The average molecular weight is 384 g/mol. The van der Waals surface area contributed by atoms with Gasteiger partial charge in [0.25, 0.3) is 17.5 Å². The Labute approximate surface area is 161 Å². The number of carbonyl (C=O) groups excluding carboxylic acids is 3. The second-order valence-corrected chi connectivity index (χ2v) is 6.03. The average Bonchev–Trinajstić information content (AvgIpc) is 2.64. The van der Waals surface area contributed by atoms with Crippen molar-refractivity contribution in [3.8, 4) is 0 Å². The van der Waals surface area contributed by atoms with Gasteiger partial charge in [0.2, 0.25) is 5.91 Å². The molecule has 0 radical (unpaired) electrons. The smallest absolute Gasteiger partial charge is 0.272 e. The highest BCUT2D eigenvalue weighted by atomic mass is 16.6. The van der Waals surface area contributed by atoms with E-state index in [4.69, 9.17) is 0 Å². The second kappa shape index (κ2) is 9.26. The number of rotatable bonds is 7. The summed E-state index contributed by atoms with van der Waals surface area (Å²) in [5.41, 5.74) is 1.67. The van der Waals surface area contributed by atoms with Crippen LogP contribution in [0.15, 0.2) is 42.5 Å². The number of nitrogens with zero attached hydrogens (tertiary/aromatic N) is 1. The highest BCUT2D eigenvalue weighted by molar-refractivity contribution is 5.96. The van der Waals surface area contributed by atoms with Crippen molar-refractivity contribution in [1.29, 1.82) is 0 Å². The lowest BCUT2D eigenvalue weighted by Crippen LogP contribution is -2.34. The van der Waals surface area contributed by atoms with Gasteiger partial charge in [0, 0.05) is 48.5 Å². The van der Waals surface area contributed by atoms with Gasteiger partial charge >= 0.3 is 0 Å². The Bertz CT molecular complexity index is 909. The van der Waals surface area contributed by atoms with Gasteiger partial charge in [-0.2, -0.15) is 0 Å². The van der Waals surface area contributed by atoms with Gasteiger partial charge < -0.3 is 16.0 Å². The van der Waals surface area contributed by atoms with Crippen LogP contribution in [0.1, 0.15) is 33.2 Å². The lowest BCUT2D eigenvalue weighted by molar-refractivity contribution is -0.385. The number of hydrogen-bond acceptors (Lipinski definition) is 5. The van der Waals surface area contributed by atoms with Gasteiger partial charge in [-0.25, -0.2) is 0 Å². The third kappa shape index (κ3) is 5.63. The Kier molecular flexibility index (Phi) is 6.80. The second-order valence-electron chi connectivity index (χ2n) is 6.03. The molecule has 0 heterocycles. The highest BCUT2D eigenvalue weighted by Crippen LogP contribution is 2.18. The predicted molar refractivity (Wildman–Crippen MR) is 103 cm³/mol. The summed E-state index contributed by atoms with van der Waals surface area (Å²) in [6.07, 6.45) is 0. The highest BCUT2D eigenvalue weighted by Gasteiger charge is 2.13. The summed E-state index contributed by atoms with van der Waals surface area (Å²) in [5.74, 6) is -0.891. The van der Waals surface area contributed by atoms with Crippen LogP contribution in [-0.4, -0.2) is 35.7 Å². The molecule has 2 aromatic rings. The molecule has 0 saturated heterocycles. The molecule has 0 atom stereocenters. The van der Waals surface area contributed by atoms with Crippen LogP contribution in [0.25, 0.3) is 0 Å². The largest absolute Gasteiger partial charge is 0.350 e. The van der Waals surface area contributed by atoms with E-state index in [0.717, 1.165) is 0 Å². The number of benzene rings is 2. The van der Waals surface area contributed by atoms with Crippen molar-refractivity contribution >= 4 is 29.1 Å². The molecule has 0 fully saturated rings. The Morgan fingerprint density at radius 1 is 0.929 bits per heavy atom. The van der Waals surface area contributed by atoms with Gasteiger partial charge in [-0.15, -0.1) is 0 Å². The van der Waals surface area contributed by atoms with E-state index in [9.17, 15) is 24.5 Å². The van der Waals surface area contributed by atoms with E-state index in [1.54, 1.807) is 31.2 Å². The van der Waals surface area contributed by atoms with E-state index in [2.05, 4.69) is 16.0 Å². The van der Waals surface area contributed by atoms with Crippen LogP contribution >= 0.6 is 0 Å². The molecule has 28 heavy (non-hydrogen) atoms. The third-order valence-electron chi connectivity index (χ3n) is 3.82. The van der Waals surface area contributed by atoms with Crippen LogP contribution in [0.5, 0.6) is 0 Å². The fourth-order valence-corrected chi connectivity index (χ4v) is 2.47. The SMILES string of the molecule is CC(=O)Nc1ccc(C(=O)NCCNC(=O)c2ccc([N+](=O)[O-])c(C)c2)cc1. The van der Waals surface area contributed by atoms with Gasteiger partial charge in [0.1, 0.15) is 0 Å². The molecule has 3 N–H and O–H groups in total. The summed E-state index contributed by atoms with van der Waals surface area (Å²) in [7, 11) is 0. The van der Waals surface area contributed by atoms with E-state index in [0.29, 0.717) is 22.4 Å². The van der Waals surface area contributed by atoms with Gasteiger partial charge in [-0.05, 0) is 43.3 Å². The van der Waals surface area contributed by atoms with E-state index in [1.807, 2.05) is 0 Å². The van der Waals surface area contributed by atoms with Crippen LogP contribution < -0.4 is 16.0 Å². The third-order valence-corrected chi connectivity index (χ3v) is 3.82. The number of anilines is 1. The van der Waals surface area contributed by atoms with Crippen molar-refractivity contribution in [3.63, 3.8) is 0 Å². The topological polar surface area (TPSA) is 130 Å². The molecule has 9 nitrogen and oxygen atoms in total. The molecule has 0 spiro atoms. The van der Waals surface area contributed by atoms with Crippen molar-refractivity contribution in [3.05, 3.63) is 69.3 Å². The van der Waals surface area contributed by atoms with Crippen molar-refractivity contribution in [1.82, 2.24) is 10.6 Å². The van der Waals surface area contributed by atoms with Crippen LogP contribution in [0, 0.1) is 17.0 Å². The lowest BCUT2D eigenvalue weighted by atomic mass is 10.1. The molecule has 146 valence electrons. The molecule has 2 rings (SSSR count). The fourth-order valence-electron chi connectivity index (χ4n) is 2.47. The van der Waals surface area contributed by atoms with Gasteiger partial charge in [0.15, 0.2) is 0 Å². The number of amides is 3. The quantitative estimate of drug-likeness (QED) is 0.382. The van der Waals surface area contributed by atoms with Crippen molar-refractivity contribution in [2.24, 2.45) is 0 Å². The van der Waals surface area contributed by atoms with Crippen molar-refractivity contribution < 1.29 is 19.3 Å². The molecule has 0 aliphatic carbocycles. The molecule has 2 aromatic carbocycles. The minimum absolute atomic E-state index is 0.0478. The first-order valence-electron chi connectivity index (χ1n) is 8.47. The molecule has 9 heteroatoms. The Hall–Kier alpha value is -3.75. The maximum atomic E-state index is 12.1. The number of nitrogens with one attached hydrogen (secondary N) is 3. The molecule has 0 bridgehead atoms. The van der Waals surface area contributed by atoms with Crippen LogP contribution in [-0.2, 0) is 4.79 Å². The number of aryl methyl sites for hydroxylation is 1. The van der Waals surface area contributed by atoms with E-state index in [-0.39, 0.29) is 36.5 Å². The molecule has 0 unspecified atom stereocenters. The summed E-state index contributed by atoms with van der Waals surface area (Å²) in [6.45, 7) is 3.37. The summed E-state index contributed by atoms with van der Waals surface area (Å²) in [4.78, 5) is 45.4. The standard InChI is InChI=1S/C19H20N4O5/c1-12-11-15(5-8-17(12)23(27)28)19(26)21-10-9-20-18(25)14-3-6-16(7-4-14)22-13(2)24/h3-8,11H,9-10H2,1-2H3,(H,20,25)(H,21,26)(H,22,24). The maximum Gasteiger partial charge on any atom is 0.272 e. The normalized spacial score (nSPS) is 10.1. The zero-order valence-corrected chi connectivity index (χ0v) is 15.4. The van der Waals surface area contributed by atoms with Crippen molar-refractivity contribution in [2.75, 3.05) is 18.4 Å². The van der Waals surface area contributed by atoms with Gasteiger partial charge in [0.05, 0.1) is 4.92 Å². The molecular weight excluding hydrogens is 364 g/mol. The predicted octanol–water partition coefficient (Wildman–Crippen LogP) is 2.02. The molecule has 0 saturated carbocycles. The van der Waals surface area contributed by atoms with E-state index >= 15 is 0 Å². The van der Waals surface area contributed by atoms with Crippen molar-refractivity contribution in [2.45, 2.75) is 13.8 Å². The van der Waals surface area contributed by atoms with Crippen LogP contribution in [0.3, 0.4) is 0 Å². The summed E-state index contributed by atoms with van der Waals surface area (Å²) in [6, 6.07) is 10.5. The minimum atomic E-state index is -0.505. The fraction of sp³-hybridized carbons (Fsp3) is 0.211. The zero-order valence-electron chi connectivity index (χ0n) is 15.4. The lowest BCUT2D eigenvalue weighted by Gasteiger charge is -2.08. The Morgan fingerprint density at radius 2 is 1.46 bits per heavy atom. The maximum absolute atomic E-state index is 12.1. The first-order chi connectivity index (χ1) is 13.3. The molecule has 0 aliphatic heterocycles. The minimum Gasteiger partial charge on any atom is -0.350 e.